The van der Waals surface area contributed by atoms with Crippen molar-refractivity contribution in [3.63, 3.8) is 0 Å². The van der Waals surface area contributed by atoms with Gasteiger partial charge >= 0.3 is 0 Å². The molecule has 3 rings (SSSR count). The van der Waals surface area contributed by atoms with Gasteiger partial charge in [0.15, 0.2) is 5.82 Å². The Bertz CT molecular complexity index is 799. The Hall–Kier alpha value is -2.73. The maximum atomic E-state index is 11.7. The minimum absolute atomic E-state index is 0.0476. The third kappa shape index (κ3) is 3.97. The highest BCUT2D eigenvalue weighted by atomic mass is 32.1. The van der Waals surface area contributed by atoms with Crippen LogP contribution in [0.3, 0.4) is 0 Å². The lowest BCUT2D eigenvalue weighted by molar-refractivity contribution is 0.0956. The maximum Gasteiger partial charge on any atom is 0.251 e. The number of rotatable bonds is 6. The fourth-order valence-corrected chi connectivity index (χ4v) is 2.80. The number of aromatic nitrogens is 2. The second-order valence-corrected chi connectivity index (χ2v) is 5.95. The number of nitrogens with zero attached hydrogens (tertiary/aromatic N) is 2. The highest BCUT2D eigenvalue weighted by molar-refractivity contribution is 7.09. The smallest absolute Gasteiger partial charge is 0.251 e. The van der Waals surface area contributed by atoms with Crippen LogP contribution in [0.4, 0.5) is 5.13 Å². The summed E-state index contributed by atoms with van der Waals surface area (Å²) in [5.74, 6) is 0.684. The lowest BCUT2D eigenvalue weighted by Crippen LogP contribution is -2.22. The van der Waals surface area contributed by atoms with E-state index in [1.165, 1.54) is 11.5 Å². The summed E-state index contributed by atoms with van der Waals surface area (Å²) in [7, 11) is 0. The van der Waals surface area contributed by atoms with E-state index >= 15 is 0 Å². The van der Waals surface area contributed by atoms with Crippen LogP contribution in [-0.4, -0.2) is 21.8 Å². The van der Waals surface area contributed by atoms with Crippen LogP contribution in [0.15, 0.2) is 54.6 Å². The molecule has 6 heteroatoms. The highest BCUT2D eigenvalue weighted by Gasteiger charge is 2.07. The first-order valence-corrected chi connectivity index (χ1v) is 8.53. The molecule has 0 saturated carbocycles. The summed E-state index contributed by atoms with van der Waals surface area (Å²) in [4.78, 5) is 16.2. The van der Waals surface area contributed by atoms with Crippen LogP contribution in [0.1, 0.15) is 22.8 Å². The molecule has 1 heterocycles. The van der Waals surface area contributed by atoms with Gasteiger partial charge in [-0.05, 0) is 24.6 Å². The second-order valence-electron chi connectivity index (χ2n) is 5.20. The standard InChI is InChI=1S/C18H18N4OS/c1-2-19-17(23)15-10-8-13(9-11-15)12-20-18-21-16(22-24-18)14-6-4-3-5-7-14/h3-11H,2,12H2,1H3,(H,19,23)(H,20,21,22). The summed E-state index contributed by atoms with van der Waals surface area (Å²) in [6.07, 6.45) is 0. The zero-order valence-corrected chi connectivity index (χ0v) is 14.1. The molecule has 5 nitrogen and oxygen atoms in total. The van der Waals surface area contributed by atoms with Gasteiger partial charge in [0.05, 0.1) is 0 Å². The van der Waals surface area contributed by atoms with E-state index < -0.39 is 0 Å². The Morgan fingerprint density at radius 3 is 2.54 bits per heavy atom. The topological polar surface area (TPSA) is 66.9 Å². The predicted octanol–water partition coefficient (Wildman–Crippen LogP) is 3.57. The summed E-state index contributed by atoms with van der Waals surface area (Å²) in [6, 6.07) is 17.4. The number of anilines is 1. The molecule has 0 fully saturated rings. The molecule has 0 aliphatic carbocycles. The molecule has 0 bridgehead atoms. The lowest BCUT2D eigenvalue weighted by Gasteiger charge is -2.05. The average Bonchev–Trinajstić information content (AvgIpc) is 3.10. The molecule has 0 radical (unpaired) electrons. The van der Waals surface area contributed by atoms with Crippen molar-refractivity contribution < 1.29 is 4.79 Å². The van der Waals surface area contributed by atoms with Crippen LogP contribution >= 0.6 is 11.5 Å². The number of benzene rings is 2. The number of carbonyl (C=O) groups excluding carboxylic acids is 1. The van der Waals surface area contributed by atoms with Gasteiger partial charge < -0.3 is 10.6 Å². The van der Waals surface area contributed by atoms with Gasteiger partial charge in [0.25, 0.3) is 5.91 Å². The molecule has 2 aromatic carbocycles. The maximum absolute atomic E-state index is 11.7. The first-order chi connectivity index (χ1) is 11.8. The minimum atomic E-state index is -0.0476. The Morgan fingerprint density at radius 1 is 1.08 bits per heavy atom. The SMILES string of the molecule is CCNC(=O)c1ccc(CNc2nc(-c3ccccc3)ns2)cc1. The molecule has 0 unspecified atom stereocenters. The average molecular weight is 338 g/mol. The second kappa shape index (κ2) is 7.70. The monoisotopic (exact) mass is 338 g/mol. The first kappa shape index (κ1) is 16.1. The molecule has 122 valence electrons. The fraction of sp³-hybridized carbons (Fsp3) is 0.167. The van der Waals surface area contributed by atoms with Gasteiger partial charge in [-0.1, -0.05) is 42.5 Å². The quantitative estimate of drug-likeness (QED) is 0.721. The van der Waals surface area contributed by atoms with Crippen LogP contribution in [-0.2, 0) is 6.54 Å². The van der Waals surface area contributed by atoms with E-state index in [-0.39, 0.29) is 5.91 Å². The van der Waals surface area contributed by atoms with Crippen LogP contribution in [0.25, 0.3) is 11.4 Å². The van der Waals surface area contributed by atoms with Crippen molar-refractivity contribution in [1.82, 2.24) is 14.7 Å². The van der Waals surface area contributed by atoms with Gasteiger partial charge in [-0.2, -0.15) is 9.36 Å². The van der Waals surface area contributed by atoms with Crippen molar-refractivity contribution in [2.24, 2.45) is 0 Å². The minimum Gasteiger partial charge on any atom is -0.356 e. The highest BCUT2D eigenvalue weighted by Crippen LogP contribution is 2.21. The van der Waals surface area contributed by atoms with E-state index in [9.17, 15) is 4.79 Å². The van der Waals surface area contributed by atoms with Crippen LogP contribution in [0, 0.1) is 0 Å². The zero-order valence-electron chi connectivity index (χ0n) is 13.3. The van der Waals surface area contributed by atoms with Crippen LogP contribution < -0.4 is 10.6 Å². The normalized spacial score (nSPS) is 10.4. The van der Waals surface area contributed by atoms with Crippen molar-refractivity contribution >= 4 is 22.6 Å². The third-order valence-corrected chi connectivity index (χ3v) is 4.13. The summed E-state index contributed by atoms with van der Waals surface area (Å²) in [5.41, 5.74) is 2.76. The van der Waals surface area contributed by atoms with E-state index in [0.29, 0.717) is 18.7 Å². The molecule has 24 heavy (non-hydrogen) atoms. The van der Waals surface area contributed by atoms with Crippen molar-refractivity contribution in [3.8, 4) is 11.4 Å². The van der Waals surface area contributed by atoms with Gasteiger partial charge in [-0.3, -0.25) is 4.79 Å². The summed E-state index contributed by atoms with van der Waals surface area (Å²) in [6.45, 7) is 3.17. The van der Waals surface area contributed by atoms with Gasteiger partial charge in [0.2, 0.25) is 5.13 Å². The van der Waals surface area contributed by atoms with Crippen molar-refractivity contribution in [2.75, 3.05) is 11.9 Å². The molecule has 0 aliphatic rings. The molecule has 3 aromatic rings. The predicted molar refractivity (Wildman–Crippen MR) is 97.1 cm³/mol. The Kier molecular flexibility index (Phi) is 5.18. The Labute approximate surface area is 144 Å². The molecular formula is C18H18N4OS. The first-order valence-electron chi connectivity index (χ1n) is 7.76. The molecule has 1 aromatic heterocycles. The molecule has 0 atom stereocenters. The molecule has 1 amide bonds. The number of hydrogen-bond donors (Lipinski definition) is 2. The van der Waals surface area contributed by atoms with Crippen molar-refractivity contribution in [2.45, 2.75) is 13.5 Å². The Balaban J connectivity index is 1.60. The van der Waals surface area contributed by atoms with Gasteiger partial charge in [0, 0.05) is 35.7 Å². The number of hydrogen-bond acceptors (Lipinski definition) is 5. The Morgan fingerprint density at radius 2 is 1.83 bits per heavy atom. The lowest BCUT2D eigenvalue weighted by atomic mass is 10.1. The van der Waals surface area contributed by atoms with Crippen molar-refractivity contribution in [3.05, 3.63) is 65.7 Å². The van der Waals surface area contributed by atoms with E-state index in [0.717, 1.165) is 22.1 Å². The van der Waals surface area contributed by atoms with E-state index in [1.54, 1.807) is 0 Å². The summed E-state index contributed by atoms with van der Waals surface area (Å²) >= 11 is 1.34. The van der Waals surface area contributed by atoms with Crippen LogP contribution in [0.2, 0.25) is 0 Å². The van der Waals surface area contributed by atoms with E-state index in [1.807, 2.05) is 61.5 Å². The third-order valence-electron chi connectivity index (χ3n) is 3.46. The molecule has 0 aliphatic heterocycles. The van der Waals surface area contributed by atoms with E-state index in [2.05, 4.69) is 20.0 Å². The largest absolute Gasteiger partial charge is 0.356 e. The zero-order chi connectivity index (χ0) is 16.8. The molecule has 0 spiro atoms. The molecule has 0 saturated heterocycles. The summed E-state index contributed by atoms with van der Waals surface area (Å²) in [5, 5.41) is 6.83. The molecule has 2 N–H and O–H groups in total. The summed E-state index contributed by atoms with van der Waals surface area (Å²) < 4.78 is 4.37. The van der Waals surface area contributed by atoms with Crippen molar-refractivity contribution in [1.29, 1.82) is 0 Å². The molecular weight excluding hydrogens is 320 g/mol. The van der Waals surface area contributed by atoms with Crippen LogP contribution in [0.5, 0.6) is 0 Å². The van der Waals surface area contributed by atoms with Gasteiger partial charge in [-0.15, -0.1) is 0 Å². The number of nitrogens with one attached hydrogen (secondary N) is 2. The van der Waals surface area contributed by atoms with Gasteiger partial charge in [-0.25, -0.2) is 0 Å². The number of carbonyl (C=O) groups is 1. The fourth-order valence-electron chi connectivity index (χ4n) is 2.21. The van der Waals surface area contributed by atoms with E-state index in [4.69, 9.17) is 0 Å². The number of amides is 1. The van der Waals surface area contributed by atoms with Gasteiger partial charge in [0.1, 0.15) is 0 Å².